The summed E-state index contributed by atoms with van der Waals surface area (Å²) in [5, 5.41) is 2.46. The van der Waals surface area contributed by atoms with Crippen LogP contribution < -0.4 is 5.73 Å². The zero-order valence-corrected chi connectivity index (χ0v) is 13.2. The van der Waals surface area contributed by atoms with Crippen LogP contribution in [0.25, 0.3) is 10.8 Å². The number of fused-ring (bicyclic) bond motifs is 1. The molecule has 0 bridgehead atoms. The van der Waals surface area contributed by atoms with Gasteiger partial charge in [0.15, 0.2) is 0 Å². The number of benzene rings is 2. The summed E-state index contributed by atoms with van der Waals surface area (Å²) in [4.78, 5) is 25.3. The summed E-state index contributed by atoms with van der Waals surface area (Å²) in [5.41, 5.74) is 6.61. The van der Waals surface area contributed by atoms with Gasteiger partial charge in [0.25, 0.3) is 0 Å². The lowest BCUT2D eigenvalue weighted by molar-refractivity contribution is -0.137. The van der Waals surface area contributed by atoms with Gasteiger partial charge >= 0.3 is 0 Å². The second-order valence-corrected chi connectivity index (χ2v) is 6.18. The van der Waals surface area contributed by atoms with Crippen molar-refractivity contribution < 1.29 is 9.59 Å². The van der Waals surface area contributed by atoms with Crippen molar-refractivity contribution >= 4 is 22.6 Å². The molecular weight excluding hydrogens is 288 g/mol. The van der Waals surface area contributed by atoms with E-state index in [1.807, 2.05) is 12.1 Å². The molecule has 1 heterocycles. The van der Waals surface area contributed by atoms with Crippen LogP contribution in [0.4, 0.5) is 0 Å². The highest BCUT2D eigenvalue weighted by atomic mass is 16.2. The van der Waals surface area contributed by atoms with E-state index in [1.54, 1.807) is 4.90 Å². The smallest absolute Gasteiger partial charge is 0.240 e. The number of carbonyl (C=O) groups excluding carboxylic acids is 2. The number of likely N-dealkylation sites (tertiary alicyclic amines) is 1. The number of carbonyl (C=O) groups is 2. The third-order valence-electron chi connectivity index (χ3n) is 4.57. The number of rotatable bonds is 5. The lowest BCUT2D eigenvalue weighted by Gasteiger charge is -2.22. The molecule has 23 heavy (non-hydrogen) atoms. The van der Waals surface area contributed by atoms with Crippen molar-refractivity contribution in [3.63, 3.8) is 0 Å². The molecule has 0 spiro atoms. The summed E-state index contributed by atoms with van der Waals surface area (Å²) >= 11 is 0. The Morgan fingerprint density at radius 2 is 1.91 bits per heavy atom. The fraction of sp³-hybridized carbons (Fsp3) is 0.368. The van der Waals surface area contributed by atoms with E-state index in [0.29, 0.717) is 19.4 Å². The zero-order chi connectivity index (χ0) is 16.2. The number of aryl methyl sites for hydroxylation is 1. The van der Waals surface area contributed by atoms with Gasteiger partial charge in [-0.1, -0.05) is 42.5 Å². The lowest BCUT2D eigenvalue weighted by atomic mass is 10.0. The molecule has 0 unspecified atom stereocenters. The van der Waals surface area contributed by atoms with Crippen molar-refractivity contribution in [2.45, 2.75) is 38.1 Å². The van der Waals surface area contributed by atoms with E-state index < -0.39 is 6.04 Å². The summed E-state index contributed by atoms with van der Waals surface area (Å²) in [6.07, 6.45) is 3.69. The Bertz CT molecular complexity index is 726. The third-order valence-corrected chi connectivity index (χ3v) is 4.57. The SMILES string of the molecule is NC(=O)[C@H]1CCCN1C(=O)CCCc1ccc2ccccc2c1. The molecule has 1 atom stereocenters. The highest BCUT2D eigenvalue weighted by Crippen LogP contribution is 2.20. The number of nitrogens with two attached hydrogens (primary N) is 1. The molecule has 0 saturated carbocycles. The van der Waals surface area contributed by atoms with Crippen molar-refractivity contribution in [1.82, 2.24) is 4.90 Å². The molecule has 2 aromatic rings. The monoisotopic (exact) mass is 310 g/mol. The number of hydrogen-bond acceptors (Lipinski definition) is 2. The highest BCUT2D eigenvalue weighted by molar-refractivity contribution is 5.87. The standard InChI is InChI=1S/C19H22N2O2/c20-19(23)17-8-4-12-21(17)18(22)9-3-5-14-10-11-15-6-1-2-7-16(15)13-14/h1-2,6-7,10-11,13,17H,3-5,8-9,12H2,(H2,20,23)/t17-/m1/s1. The van der Waals surface area contributed by atoms with Gasteiger partial charge in [-0.25, -0.2) is 0 Å². The predicted molar refractivity (Wildman–Crippen MR) is 90.8 cm³/mol. The zero-order valence-electron chi connectivity index (χ0n) is 13.2. The molecule has 1 aliphatic rings. The van der Waals surface area contributed by atoms with Crippen LogP contribution in [-0.2, 0) is 16.0 Å². The largest absolute Gasteiger partial charge is 0.368 e. The molecule has 2 aromatic carbocycles. The van der Waals surface area contributed by atoms with Gasteiger partial charge in [0.05, 0.1) is 0 Å². The Morgan fingerprint density at radius 1 is 1.13 bits per heavy atom. The Balaban J connectivity index is 1.56. The van der Waals surface area contributed by atoms with E-state index in [-0.39, 0.29) is 11.8 Å². The molecule has 3 rings (SSSR count). The van der Waals surface area contributed by atoms with Crippen LogP contribution in [0.3, 0.4) is 0 Å². The van der Waals surface area contributed by atoms with E-state index in [1.165, 1.54) is 16.3 Å². The Kier molecular flexibility index (Phi) is 4.60. The van der Waals surface area contributed by atoms with E-state index in [9.17, 15) is 9.59 Å². The molecule has 2 amide bonds. The average Bonchev–Trinajstić information content (AvgIpc) is 3.04. The van der Waals surface area contributed by atoms with Gasteiger partial charge in [0.1, 0.15) is 6.04 Å². The van der Waals surface area contributed by atoms with E-state index in [2.05, 4.69) is 30.3 Å². The van der Waals surface area contributed by atoms with Crippen molar-refractivity contribution in [3.8, 4) is 0 Å². The summed E-state index contributed by atoms with van der Waals surface area (Å²) < 4.78 is 0. The molecule has 1 saturated heterocycles. The van der Waals surface area contributed by atoms with Crippen molar-refractivity contribution in [1.29, 1.82) is 0 Å². The molecular formula is C19H22N2O2. The Morgan fingerprint density at radius 3 is 2.70 bits per heavy atom. The number of nitrogens with zero attached hydrogens (tertiary/aromatic N) is 1. The molecule has 120 valence electrons. The molecule has 4 heteroatoms. The predicted octanol–water partition coefficient (Wildman–Crippen LogP) is 2.64. The van der Waals surface area contributed by atoms with Gasteiger partial charge in [0.2, 0.25) is 11.8 Å². The Hall–Kier alpha value is -2.36. The number of amides is 2. The van der Waals surface area contributed by atoms with Crippen LogP contribution in [0.15, 0.2) is 42.5 Å². The fourth-order valence-electron chi connectivity index (χ4n) is 3.34. The second-order valence-electron chi connectivity index (χ2n) is 6.18. The topological polar surface area (TPSA) is 63.4 Å². The molecule has 1 fully saturated rings. The lowest BCUT2D eigenvalue weighted by Crippen LogP contribution is -2.43. The number of hydrogen-bond donors (Lipinski definition) is 1. The van der Waals surface area contributed by atoms with E-state index in [4.69, 9.17) is 5.73 Å². The molecule has 2 N–H and O–H groups in total. The molecule has 4 nitrogen and oxygen atoms in total. The van der Waals surface area contributed by atoms with Crippen LogP contribution in [0.5, 0.6) is 0 Å². The van der Waals surface area contributed by atoms with Gasteiger partial charge in [0, 0.05) is 13.0 Å². The quantitative estimate of drug-likeness (QED) is 0.922. The van der Waals surface area contributed by atoms with Crippen molar-refractivity contribution in [2.24, 2.45) is 5.73 Å². The van der Waals surface area contributed by atoms with Crippen LogP contribution in [0.2, 0.25) is 0 Å². The van der Waals surface area contributed by atoms with E-state index in [0.717, 1.165) is 19.3 Å². The van der Waals surface area contributed by atoms with Gasteiger partial charge in [-0.2, -0.15) is 0 Å². The maximum atomic E-state index is 12.3. The average molecular weight is 310 g/mol. The summed E-state index contributed by atoms with van der Waals surface area (Å²) in [5.74, 6) is -0.336. The fourth-order valence-corrected chi connectivity index (χ4v) is 3.34. The summed E-state index contributed by atoms with van der Waals surface area (Å²) in [7, 11) is 0. The third kappa shape index (κ3) is 3.52. The van der Waals surface area contributed by atoms with Gasteiger partial charge in [-0.3, -0.25) is 9.59 Å². The van der Waals surface area contributed by atoms with Crippen LogP contribution in [-0.4, -0.2) is 29.3 Å². The van der Waals surface area contributed by atoms with Crippen LogP contribution >= 0.6 is 0 Å². The first-order valence-corrected chi connectivity index (χ1v) is 8.21. The van der Waals surface area contributed by atoms with Crippen molar-refractivity contribution in [2.75, 3.05) is 6.54 Å². The van der Waals surface area contributed by atoms with Gasteiger partial charge in [-0.05, 0) is 42.0 Å². The Labute approximate surface area is 136 Å². The van der Waals surface area contributed by atoms with E-state index >= 15 is 0 Å². The maximum Gasteiger partial charge on any atom is 0.240 e. The van der Waals surface area contributed by atoms with Crippen molar-refractivity contribution in [3.05, 3.63) is 48.0 Å². The molecule has 0 aromatic heterocycles. The minimum atomic E-state index is -0.400. The minimum Gasteiger partial charge on any atom is -0.368 e. The summed E-state index contributed by atoms with van der Waals surface area (Å²) in [6.45, 7) is 0.655. The van der Waals surface area contributed by atoms with Gasteiger partial charge < -0.3 is 10.6 Å². The molecule has 1 aliphatic heterocycles. The van der Waals surface area contributed by atoms with Crippen LogP contribution in [0.1, 0.15) is 31.2 Å². The first kappa shape index (κ1) is 15.5. The first-order valence-electron chi connectivity index (χ1n) is 8.21. The molecule has 0 radical (unpaired) electrons. The molecule has 0 aliphatic carbocycles. The van der Waals surface area contributed by atoms with Gasteiger partial charge in [-0.15, -0.1) is 0 Å². The summed E-state index contributed by atoms with van der Waals surface area (Å²) in [6, 6.07) is 14.3. The second kappa shape index (κ2) is 6.82. The maximum absolute atomic E-state index is 12.3. The first-order chi connectivity index (χ1) is 11.1. The normalized spacial score (nSPS) is 17.6. The highest BCUT2D eigenvalue weighted by Gasteiger charge is 2.31. The number of primary amides is 1. The van der Waals surface area contributed by atoms with Crippen LogP contribution in [0, 0.1) is 0 Å². The minimum absolute atomic E-state index is 0.0482.